The van der Waals surface area contributed by atoms with E-state index in [2.05, 4.69) is 21.2 Å². The quantitative estimate of drug-likeness (QED) is 0.595. The lowest BCUT2D eigenvalue weighted by molar-refractivity contribution is 0.447. The Bertz CT molecular complexity index is 622. The molecule has 0 radical (unpaired) electrons. The van der Waals surface area contributed by atoms with E-state index in [-0.39, 0.29) is 5.69 Å². The average Bonchev–Trinajstić information content (AvgIpc) is 2.38. The Morgan fingerprint density at radius 3 is 2.15 bits per heavy atom. The first kappa shape index (κ1) is 14.8. The molecule has 0 aromatic heterocycles. The van der Waals surface area contributed by atoms with Gasteiger partial charge in [0, 0.05) is 27.9 Å². The first-order valence-corrected chi connectivity index (χ1v) is 6.54. The zero-order valence-corrected chi connectivity index (χ0v) is 11.9. The molecule has 1 N–H and O–H groups in total. The van der Waals surface area contributed by atoms with Gasteiger partial charge in [-0.05, 0) is 25.1 Å². The van der Waals surface area contributed by atoms with Crippen LogP contribution in [0.2, 0.25) is 0 Å². The van der Waals surface area contributed by atoms with Crippen molar-refractivity contribution in [2.45, 2.75) is 13.0 Å². The van der Waals surface area contributed by atoms with E-state index in [4.69, 9.17) is 0 Å². The summed E-state index contributed by atoms with van der Waals surface area (Å²) in [5.41, 5.74) is 0.359. The van der Waals surface area contributed by atoms with Crippen molar-refractivity contribution in [3.05, 3.63) is 63.6 Å². The van der Waals surface area contributed by atoms with Crippen molar-refractivity contribution in [3.63, 3.8) is 0 Å². The molecule has 0 bridgehead atoms. The van der Waals surface area contributed by atoms with Gasteiger partial charge in [-0.1, -0.05) is 15.9 Å². The maximum atomic E-state index is 13.7. The van der Waals surface area contributed by atoms with Crippen molar-refractivity contribution in [1.82, 2.24) is 0 Å². The predicted molar refractivity (Wildman–Crippen MR) is 72.5 cm³/mol. The summed E-state index contributed by atoms with van der Waals surface area (Å²) in [6, 6.07) is 5.49. The van der Waals surface area contributed by atoms with Gasteiger partial charge in [-0.15, -0.1) is 0 Å². The average molecular weight is 348 g/mol. The van der Waals surface area contributed by atoms with Gasteiger partial charge in [-0.2, -0.15) is 0 Å². The molecular weight excluding hydrogens is 338 g/mol. The Hall–Kier alpha value is -1.56. The molecule has 0 aliphatic heterocycles. The molecule has 106 valence electrons. The monoisotopic (exact) mass is 347 g/mol. The molecule has 20 heavy (non-hydrogen) atoms. The number of benzene rings is 2. The molecule has 0 heterocycles. The zero-order chi connectivity index (χ0) is 14.9. The van der Waals surface area contributed by atoms with Gasteiger partial charge in [-0.3, -0.25) is 0 Å². The van der Waals surface area contributed by atoms with Crippen LogP contribution in [0.5, 0.6) is 0 Å². The van der Waals surface area contributed by atoms with Crippen LogP contribution in [0.4, 0.5) is 23.2 Å². The topological polar surface area (TPSA) is 12.0 Å². The maximum absolute atomic E-state index is 13.7. The summed E-state index contributed by atoms with van der Waals surface area (Å²) in [7, 11) is 0. The minimum absolute atomic E-state index is 0.0354. The van der Waals surface area contributed by atoms with Gasteiger partial charge >= 0.3 is 0 Å². The summed E-state index contributed by atoms with van der Waals surface area (Å²) in [5.74, 6) is -4.57. The lowest BCUT2D eigenvalue weighted by Gasteiger charge is -2.17. The van der Waals surface area contributed by atoms with Crippen LogP contribution >= 0.6 is 15.9 Å². The lowest BCUT2D eigenvalue weighted by atomic mass is 10.1. The molecule has 0 fully saturated rings. The SMILES string of the molecule is CC(Nc1cc(F)c(F)c(F)c1)c1cc(Br)ccc1F. The molecule has 1 nitrogen and oxygen atoms in total. The van der Waals surface area contributed by atoms with Crippen molar-refractivity contribution < 1.29 is 17.6 Å². The number of rotatable bonds is 3. The summed E-state index contributed by atoms with van der Waals surface area (Å²) < 4.78 is 53.4. The van der Waals surface area contributed by atoms with Gasteiger partial charge in [0.2, 0.25) is 0 Å². The number of nitrogens with one attached hydrogen (secondary N) is 1. The van der Waals surface area contributed by atoms with Gasteiger partial charge in [0.15, 0.2) is 17.5 Å². The standard InChI is InChI=1S/C14H10BrF4N/c1-7(10-4-8(15)2-3-11(10)16)20-9-5-12(17)14(19)13(18)6-9/h2-7,20H,1H3. The molecule has 1 atom stereocenters. The second-order valence-corrected chi connectivity index (χ2v) is 5.20. The van der Waals surface area contributed by atoms with E-state index in [1.807, 2.05) is 0 Å². The molecule has 0 saturated heterocycles. The highest BCUT2D eigenvalue weighted by Gasteiger charge is 2.15. The minimum atomic E-state index is -1.53. The van der Waals surface area contributed by atoms with Gasteiger partial charge in [0.05, 0.1) is 6.04 Å². The third-order valence-corrected chi connectivity index (χ3v) is 3.28. The summed E-state index contributed by atoms with van der Waals surface area (Å²) in [4.78, 5) is 0. The minimum Gasteiger partial charge on any atom is -0.378 e. The van der Waals surface area contributed by atoms with E-state index in [1.165, 1.54) is 6.07 Å². The van der Waals surface area contributed by atoms with E-state index in [9.17, 15) is 17.6 Å². The molecule has 0 amide bonds. The smallest absolute Gasteiger partial charge is 0.194 e. The largest absolute Gasteiger partial charge is 0.378 e. The van der Waals surface area contributed by atoms with Crippen LogP contribution in [0.15, 0.2) is 34.8 Å². The van der Waals surface area contributed by atoms with E-state index in [1.54, 1.807) is 19.1 Å². The van der Waals surface area contributed by atoms with Crippen LogP contribution in [-0.2, 0) is 0 Å². The number of anilines is 1. The van der Waals surface area contributed by atoms with Gasteiger partial charge in [0.25, 0.3) is 0 Å². The van der Waals surface area contributed by atoms with Crippen molar-refractivity contribution in [3.8, 4) is 0 Å². The van der Waals surface area contributed by atoms with Crippen LogP contribution in [-0.4, -0.2) is 0 Å². The van der Waals surface area contributed by atoms with E-state index >= 15 is 0 Å². The predicted octanol–water partition coefficient (Wildman–Crippen LogP) is 5.18. The summed E-state index contributed by atoms with van der Waals surface area (Å²) in [6.45, 7) is 1.63. The summed E-state index contributed by atoms with van der Waals surface area (Å²) in [5, 5.41) is 2.73. The second kappa shape index (κ2) is 5.83. The fourth-order valence-electron chi connectivity index (χ4n) is 1.81. The number of halogens is 5. The molecule has 2 rings (SSSR count). The fourth-order valence-corrected chi connectivity index (χ4v) is 2.19. The Morgan fingerprint density at radius 1 is 0.950 bits per heavy atom. The molecular formula is C14H10BrF4N. The van der Waals surface area contributed by atoms with Gasteiger partial charge in [0.1, 0.15) is 5.82 Å². The van der Waals surface area contributed by atoms with Crippen molar-refractivity contribution in [2.24, 2.45) is 0 Å². The third-order valence-electron chi connectivity index (χ3n) is 2.79. The molecule has 0 spiro atoms. The molecule has 0 aliphatic rings. The Balaban J connectivity index is 2.27. The van der Waals surface area contributed by atoms with Crippen molar-refractivity contribution in [1.29, 1.82) is 0 Å². The summed E-state index contributed by atoms with van der Waals surface area (Å²) in [6.07, 6.45) is 0. The number of hydrogen-bond donors (Lipinski definition) is 1. The third kappa shape index (κ3) is 3.12. The molecule has 0 saturated carbocycles. The highest BCUT2D eigenvalue weighted by atomic mass is 79.9. The van der Waals surface area contributed by atoms with Gasteiger partial charge < -0.3 is 5.32 Å². The first-order valence-electron chi connectivity index (χ1n) is 5.74. The van der Waals surface area contributed by atoms with Crippen LogP contribution in [0.25, 0.3) is 0 Å². The normalized spacial score (nSPS) is 12.3. The lowest BCUT2D eigenvalue weighted by Crippen LogP contribution is -2.09. The zero-order valence-electron chi connectivity index (χ0n) is 10.4. The Morgan fingerprint density at radius 2 is 1.55 bits per heavy atom. The molecule has 1 unspecified atom stereocenters. The Kier molecular flexibility index (Phi) is 4.32. The fraction of sp³-hybridized carbons (Fsp3) is 0.143. The van der Waals surface area contributed by atoms with Crippen LogP contribution in [0.1, 0.15) is 18.5 Å². The Labute approximate surface area is 121 Å². The molecule has 2 aromatic carbocycles. The van der Waals surface area contributed by atoms with Crippen molar-refractivity contribution >= 4 is 21.6 Å². The maximum Gasteiger partial charge on any atom is 0.194 e. The highest BCUT2D eigenvalue weighted by molar-refractivity contribution is 9.10. The highest BCUT2D eigenvalue weighted by Crippen LogP contribution is 2.26. The summed E-state index contributed by atoms with van der Waals surface area (Å²) >= 11 is 3.22. The molecule has 6 heteroatoms. The van der Waals surface area contributed by atoms with Crippen molar-refractivity contribution in [2.75, 3.05) is 5.32 Å². The van der Waals surface area contributed by atoms with Gasteiger partial charge in [-0.25, -0.2) is 17.6 Å². The number of hydrogen-bond acceptors (Lipinski definition) is 1. The molecule has 2 aromatic rings. The van der Waals surface area contributed by atoms with E-state index < -0.39 is 29.3 Å². The first-order chi connectivity index (χ1) is 9.38. The van der Waals surface area contributed by atoms with E-state index in [0.717, 1.165) is 12.1 Å². The molecule has 0 aliphatic carbocycles. The van der Waals surface area contributed by atoms with Crippen LogP contribution < -0.4 is 5.32 Å². The van der Waals surface area contributed by atoms with E-state index in [0.29, 0.717) is 10.0 Å². The second-order valence-electron chi connectivity index (χ2n) is 4.29. The van der Waals surface area contributed by atoms with Crippen LogP contribution in [0, 0.1) is 23.3 Å². The van der Waals surface area contributed by atoms with Crippen LogP contribution in [0.3, 0.4) is 0 Å².